The summed E-state index contributed by atoms with van der Waals surface area (Å²) in [4.78, 5) is 23.3. The molecule has 1 heterocycles. The Hall–Kier alpha value is -2.83. The minimum atomic E-state index is -1.12. The van der Waals surface area contributed by atoms with E-state index in [1.807, 2.05) is 0 Å². The van der Waals surface area contributed by atoms with Gasteiger partial charge in [-0.25, -0.2) is 14.3 Å². The second-order valence-electron chi connectivity index (χ2n) is 4.49. The molecule has 0 aliphatic carbocycles. The molecule has 0 fully saturated rings. The highest BCUT2D eigenvalue weighted by Crippen LogP contribution is 2.23. The number of nitrogens with zero attached hydrogens (tertiary/aromatic N) is 2. The van der Waals surface area contributed by atoms with Crippen LogP contribution < -0.4 is 4.74 Å². The van der Waals surface area contributed by atoms with E-state index in [1.54, 1.807) is 26.0 Å². The molecule has 7 nitrogen and oxygen atoms in total. The predicted octanol–water partition coefficient (Wildman–Crippen LogP) is 2.06. The van der Waals surface area contributed by atoms with Crippen LogP contribution in [0.1, 0.15) is 33.5 Å². The number of rotatable bonds is 5. The molecule has 2 aromatic rings. The van der Waals surface area contributed by atoms with Gasteiger partial charge in [-0.3, -0.25) is 0 Å². The summed E-state index contributed by atoms with van der Waals surface area (Å²) < 4.78 is 11.4. The number of benzene rings is 1. The van der Waals surface area contributed by atoms with Gasteiger partial charge in [-0.05, 0) is 38.1 Å². The standard InChI is InChI=1S/C15H16N2O5/c1-4-22-15(20)12-7-9(2)16-17(12)10-5-6-13(21-3)11(8-10)14(18)19/h5-8H,4H2,1-3H3,(H,18,19). The summed E-state index contributed by atoms with van der Waals surface area (Å²) >= 11 is 0. The van der Waals surface area contributed by atoms with Crippen LogP contribution in [-0.2, 0) is 4.74 Å². The molecule has 0 aliphatic heterocycles. The van der Waals surface area contributed by atoms with Crippen LogP contribution in [0.25, 0.3) is 5.69 Å². The molecule has 0 atom stereocenters. The second-order valence-corrected chi connectivity index (χ2v) is 4.49. The molecule has 0 saturated carbocycles. The molecule has 0 amide bonds. The summed E-state index contributed by atoms with van der Waals surface area (Å²) in [5.74, 6) is -1.41. The fourth-order valence-electron chi connectivity index (χ4n) is 2.04. The summed E-state index contributed by atoms with van der Waals surface area (Å²) in [6.45, 7) is 3.69. The SMILES string of the molecule is CCOC(=O)c1cc(C)nn1-c1ccc(OC)c(C(=O)O)c1. The summed E-state index contributed by atoms with van der Waals surface area (Å²) in [5.41, 5.74) is 1.29. The molecular formula is C15H16N2O5. The Morgan fingerprint density at radius 1 is 1.32 bits per heavy atom. The van der Waals surface area contributed by atoms with Crippen LogP contribution in [0.5, 0.6) is 5.75 Å². The Morgan fingerprint density at radius 3 is 2.64 bits per heavy atom. The van der Waals surface area contributed by atoms with E-state index in [1.165, 1.54) is 23.9 Å². The van der Waals surface area contributed by atoms with E-state index in [2.05, 4.69) is 5.10 Å². The van der Waals surface area contributed by atoms with Crippen molar-refractivity contribution in [3.8, 4) is 11.4 Å². The van der Waals surface area contributed by atoms with Crippen LogP contribution in [0.4, 0.5) is 0 Å². The van der Waals surface area contributed by atoms with Crippen molar-refractivity contribution in [2.24, 2.45) is 0 Å². The van der Waals surface area contributed by atoms with Gasteiger partial charge in [0.1, 0.15) is 11.3 Å². The highest BCUT2D eigenvalue weighted by molar-refractivity contribution is 5.92. The average Bonchev–Trinajstić information content (AvgIpc) is 2.88. The highest BCUT2D eigenvalue weighted by Gasteiger charge is 2.19. The number of methoxy groups -OCH3 is 1. The third-order valence-corrected chi connectivity index (χ3v) is 2.97. The van der Waals surface area contributed by atoms with Crippen LogP contribution in [0, 0.1) is 6.92 Å². The van der Waals surface area contributed by atoms with Crippen molar-refractivity contribution in [2.45, 2.75) is 13.8 Å². The van der Waals surface area contributed by atoms with Crippen molar-refractivity contribution in [1.29, 1.82) is 0 Å². The van der Waals surface area contributed by atoms with Gasteiger partial charge < -0.3 is 14.6 Å². The fourth-order valence-corrected chi connectivity index (χ4v) is 2.04. The van der Waals surface area contributed by atoms with Gasteiger partial charge in [0.2, 0.25) is 0 Å². The number of hydrogen-bond donors (Lipinski definition) is 1. The fraction of sp³-hybridized carbons (Fsp3) is 0.267. The van der Waals surface area contributed by atoms with Gasteiger partial charge in [-0.2, -0.15) is 5.10 Å². The molecule has 22 heavy (non-hydrogen) atoms. The van der Waals surface area contributed by atoms with Crippen molar-refractivity contribution in [3.63, 3.8) is 0 Å². The molecule has 1 aromatic heterocycles. The van der Waals surface area contributed by atoms with E-state index in [-0.39, 0.29) is 23.6 Å². The normalized spacial score (nSPS) is 10.3. The molecule has 2 rings (SSSR count). The number of carbonyl (C=O) groups is 2. The third kappa shape index (κ3) is 2.93. The summed E-state index contributed by atoms with van der Waals surface area (Å²) in [6, 6.07) is 6.13. The quantitative estimate of drug-likeness (QED) is 0.850. The number of carbonyl (C=O) groups excluding carboxylic acids is 1. The predicted molar refractivity (Wildman–Crippen MR) is 77.8 cm³/mol. The van der Waals surface area contributed by atoms with Crippen LogP contribution in [0.15, 0.2) is 24.3 Å². The maximum Gasteiger partial charge on any atom is 0.357 e. The molecule has 0 unspecified atom stereocenters. The number of aromatic carboxylic acids is 1. The molecule has 7 heteroatoms. The van der Waals surface area contributed by atoms with Crippen molar-refractivity contribution >= 4 is 11.9 Å². The lowest BCUT2D eigenvalue weighted by atomic mass is 10.1. The van der Waals surface area contributed by atoms with E-state index < -0.39 is 11.9 Å². The molecule has 0 aliphatic rings. The first-order valence-electron chi connectivity index (χ1n) is 6.63. The number of carboxylic acid groups (broad SMARTS) is 1. The van der Waals surface area contributed by atoms with Gasteiger partial charge in [0.25, 0.3) is 0 Å². The van der Waals surface area contributed by atoms with E-state index in [0.717, 1.165) is 0 Å². The first-order chi connectivity index (χ1) is 10.5. The lowest BCUT2D eigenvalue weighted by molar-refractivity contribution is 0.0515. The van der Waals surface area contributed by atoms with Crippen LogP contribution in [-0.4, -0.2) is 40.5 Å². The molecule has 0 bridgehead atoms. The maximum absolute atomic E-state index is 12.0. The van der Waals surface area contributed by atoms with Crippen molar-refractivity contribution < 1.29 is 24.2 Å². The first kappa shape index (κ1) is 15.6. The zero-order valence-corrected chi connectivity index (χ0v) is 12.5. The summed E-state index contributed by atoms with van der Waals surface area (Å²) in [5, 5.41) is 13.5. The highest BCUT2D eigenvalue weighted by atomic mass is 16.5. The number of ether oxygens (including phenoxy) is 2. The smallest absolute Gasteiger partial charge is 0.357 e. The molecular weight excluding hydrogens is 288 g/mol. The van der Waals surface area contributed by atoms with Crippen molar-refractivity contribution in [2.75, 3.05) is 13.7 Å². The van der Waals surface area contributed by atoms with E-state index >= 15 is 0 Å². The minimum absolute atomic E-state index is 0.0111. The van der Waals surface area contributed by atoms with E-state index in [0.29, 0.717) is 11.4 Å². The molecule has 1 N–H and O–H groups in total. The average molecular weight is 304 g/mol. The van der Waals surface area contributed by atoms with Gasteiger partial charge in [-0.1, -0.05) is 0 Å². The second kappa shape index (κ2) is 6.30. The topological polar surface area (TPSA) is 90.6 Å². The van der Waals surface area contributed by atoms with Gasteiger partial charge in [0, 0.05) is 0 Å². The first-order valence-corrected chi connectivity index (χ1v) is 6.63. The van der Waals surface area contributed by atoms with Gasteiger partial charge in [-0.15, -0.1) is 0 Å². The Balaban J connectivity index is 2.55. The largest absolute Gasteiger partial charge is 0.496 e. The van der Waals surface area contributed by atoms with Crippen LogP contribution in [0.3, 0.4) is 0 Å². The summed E-state index contributed by atoms with van der Waals surface area (Å²) in [7, 11) is 1.39. The third-order valence-electron chi connectivity index (χ3n) is 2.97. The van der Waals surface area contributed by atoms with E-state index in [4.69, 9.17) is 9.47 Å². The van der Waals surface area contributed by atoms with Gasteiger partial charge >= 0.3 is 11.9 Å². The molecule has 1 aromatic carbocycles. The Labute approximate surface area is 127 Å². The Bertz CT molecular complexity index is 721. The van der Waals surface area contributed by atoms with E-state index in [9.17, 15) is 14.7 Å². The van der Waals surface area contributed by atoms with Crippen molar-refractivity contribution in [3.05, 3.63) is 41.2 Å². The monoisotopic (exact) mass is 304 g/mol. The summed E-state index contributed by atoms with van der Waals surface area (Å²) in [6.07, 6.45) is 0. The number of hydrogen-bond acceptors (Lipinski definition) is 5. The molecule has 0 saturated heterocycles. The van der Waals surface area contributed by atoms with Crippen LogP contribution in [0.2, 0.25) is 0 Å². The lowest BCUT2D eigenvalue weighted by Crippen LogP contribution is -2.12. The Morgan fingerprint density at radius 2 is 2.05 bits per heavy atom. The number of esters is 1. The molecule has 0 spiro atoms. The zero-order chi connectivity index (χ0) is 16.3. The molecule has 0 radical (unpaired) electrons. The number of carboxylic acids is 1. The minimum Gasteiger partial charge on any atom is -0.496 e. The maximum atomic E-state index is 12.0. The zero-order valence-electron chi connectivity index (χ0n) is 12.5. The number of aromatic nitrogens is 2. The lowest BCUT2D eigenvalue weighted by Gasteiger charge is -2.10. The van der Waals surface area contributed by atoms with Gasteiger partial charge in [0.05, 0.1) is 25.1 Å². The van der Waals surface area contributed by atoms with Crippen LogP contribution >= 0.6 is 0 Å². The molecule has 116 valence electrons. The Kier molecular flexibility index (Phi) is 4.45. The number of aryl methyl sites for hydroxylation is 1. The van der Waals surface area contributed by atoms with Crippen molar-refractivity contribution in [1.82, 2.24) is 9.78 Å². The van der Waals surface area contributed by atoms with Gasteiger partial charge in [0.15, 0.2) is 5.69 Å².